The Morgan fingerprint density at radius 2 is 1.88 bits per heavy atom. The third-order valence-electron chi connectivity index (χ3n) is 3.91. The molecule has 2 aromatic carbocycles. The van der Waals surface area contributed by atoms with E-state index in [9.17, 15) is 4.79 Å². The molecule has 0 heterocycles. The van der Waals surface area contributed by atoms with Gasteiger partial charge in [-0.1, -0.05) is 31.5 Å². The van der Waals surface area contributed by atoms with Crippen LogP contribution in [-0.2, 0) is 11.2 Å². The lowest BCUT2D eigenvalue weighted by Crippen LogP contribution is -2.13. The van der Waals surface area contributed by atoms with Crippen molar-refractivity contribution in [1.82, 2.24) is 0 Å². The van der Waals surface area contributed by atoms with Crippen LogP contribution in [-0.4, -0.2) is 19.6 Å². The van der Waals surface area contributed by atoms with Crippen LogP contribution in [0.3, 0.4) is 0 Å². The van der Waals surface area contributed by atoms with Crippen LogP contribution in [0.15, 0.2) is 42.5 Å². The van der Waals surface area contributed by atoms with Crippen molar-refractivity contribution >= 4 is 11.6 Å². The lowest BCUT2D eigenvalue weighted by Gasteiger charge is -2.11. The Hall–Kier alpha value is -2.49. The maximum Gasteiger partial charge on any atom is 0.224 e. The first-order chi connectivity index (χ1) is 12.1. The average Bonchev–Trinajstić information content (AvgIpc) is 2.60. The van der Waals surface area contributed by atoms with Crippen molar-refractivity contribution in [2.24, 2.45) is 0 Å². The molecule has 0 spiro atoms. The number of aryl methyl sites for hydroxylation is 2. The molecule has 25 heavy (non-hydrogen) atoms. The molecule has 1 amide bonds. The standard InChI is InChI=1S/C21H27NO3/c1-4-6-17-9-11-18(12-10-17)25-14-5-7-21(23)22-19-15-16(2)8-13-20(19)24-3/h8-13,15H,4-7,14H2,1-3H3,(H,22,23). The number of nitrogens with one attached hydrogen (secondary N) is 1. The largest absolute Gasteiger partial charge is 0.495 e. The van der Waals surface area contributed by atoms with Crippen LogP contribution in [0.1, 0.15) is 37.3 Å². The average molecular weight is 341 g/mol. The van der Waals surface area contributed by atoms with E-state index in [1.165, 1.54) is 5.56 Å². The highest BCUT2D eigenvalue weighted by Crippen LogP contribution is 2.25. The minimum Gasteiger partial charge on any atom is -0.495 e. The van der Waals surface area contributed by atoms with E-state index in [0.29, 0.717) is 30.9 Å². The molecule has 0 aliphatic carbocycles. The van der Waals surface area contributed by atoms with Crippen LogP contribution < -0.4 is 14.8 Å². The number of anilines is 1. The zero-order valence-electron chi connectivity index (χ0n) is 15.3. The third-order valence-corrected chi connectivity index (χ3v) is 3.91. The molecule has 0 aliphatic heterocycles. The first-order valence-corrected chi connectivity index (χ1v) is 8.78. The Kier molecular flexibility index (Phi) is 7.33. The summed E-state index contributed by atoms with van der Waals surface area (Å²) < 4.78 is 11.0. The van der Waals surface area contributed by atoms with Crippen LogP contribution >= 0.6 is 0 Å². The van der Waals surface area contributed by atoms with Crippen molar-refractivity contribution in [2.75, 3.05) is 19.0 Å². The van der Waals surface area contributed by atoms with Gasteiger partial charge in [0.25, 0.3) is 0 Å². The zero-order chi connectivity index (χ0) is 18.1. The molecule has 1 N–H and O–H groups in total. The molecule has 0 atom stereocenters. The summed E-state index contributed by atoms with van der Waals surface area (Å²) in [4.78, 5) is 12.1. The van der Waals surface area contributed by atoms with E-state index in [2.05, 4.69) is 24.4 Å². The van der Waals surface area contributed by atoms with Gasteiger partial charge in [-0.2, -0.15) is 0 Å². The second-order valence-corrected chi connectivity index (χ2v) is 6.10. The first kappa shape index (κ1) is 18.8. The molecule has 134 valence electrons. The fraction of sp³-hybridized carbons (Fsp3) is 0.381. The molecule has 2 rings (SSSR count). The molecule has 0 radical (unpaired) electrons. The van der Waals surface area contributed by atoms with Gasteiger partial charge in [-0.05, 0) is 55.2 Å². The van der Waals surface area contributed by atoms with Gasteiger partial charge in [0, 0.05) is 6.42 Å². The van der Waals surface area contributed by atoms with Crippen LogP contribution in [0.2, 0.25) is 0 Å². The van der Waals surface area contributed by atoms with Crippen LogP contribution in [0, 0.1) is 6.92 Å². The van der Waals surface area contributed by atoms with E-state index in [0.717, 1.165) is 24.2 Å². The van der Waals surface area contributed by atoms with Gasteiger partial charge in [0.1, 0.15) is 11.5 Å². The Balaban J connectivity index is 1.74. The lowest BCUT2D eigenvalue weighted by molar-refractivity contribution is -0.116. The molecule has 0 saturated heterocycles. The highest BCUT2D eigenvalue weighted by Gasteiger charge is 2.08. The predicted octanol–water partition coefficient (Wildman–Crippen LogP) is 4.75. The van der Waals surface area contributed by atoms with Gasteiger partial charge in [-0.15, -0.1) is 0 Å². The van der Waals surface area contributed by atoms with E-state index in [4.69, 9.17) is 9.47 Å². The second kappa shape index (κ2) is 9.72. The first-order valence-electron chi connectivity index (χ1n) is 8.78. The van der Waals surface area contributed by atoms with Gasteiger partial charge in [-0.3, -0.25) is 4.79 Å². The summed E-state index contributed by atoms with van der Waals surface area (Å²) in [5, 5.41) is 2.90. The Morgan fingerprint density at radius 1 is 1.12 bits per heavy atom. The minimum atomic E-state index is -0.0363. The number of ether oxygens (including phenoxy) is 2. The highest BCUT2D eigenvalue weighted by atomic mass is 16.5. The Morgan fingerprint density at radius 3 is 2.56 bits per heavy atom. The number of hydrogen-bond donors (Lipinski definition) is 1. The quantitative estimate of drug-likeness (QED) is 0.669. The Labute approximate surface area is 150 Å². The smallest absolute Gasteiger partial charge is 0.224 e. The number of amides is 1. The van der Waals surface area contributed by atoms with Crippen molar-refractivity contribution in [3.05, 3.63) is 53.6 Å². The van der Waals surface area contributed by atoms with Crippen LogP contribution in [0.4, 0.5) is 5.69 Å². The van der Waals surface area contributed by atoms with E-state index >= 15 is 0 Å². The van der Waals surface area contributed by atoms with Gasteiger partial charge in [0.05, 0.1) is 19.4 Å². The van der Waals surface area contributed by atoms with E-state index in [1.54, 1.807) is 7.11 Å². The van der Waals surface area contributed by atoms with Crippen molar-refractivity contribution in [3.63, 3.8) is 0 Å². The van der Waals surface area contributed by atoms with E-state index in [1.807, 2.05) is 37.3 Å². The summed E-state index contributed by atoms with van der Waals surface area (Å²) in [6.45, 7) is 4.67. The number of hydrogen-bond acceptors (Lipinski definition) is 3. The van der Waals surface area contributed by atoms with Gasteiger partial charge in [0.15, 0.2) is 0 Å². The lowest BCUT2D eigenvalue weighted by atomic mass is 10.1. The maximum atomic E-state index is 12.1. The number of rotatable bonds is 9. The van der Waals surface area contributed by atoms with Gasteiger partial charge in [-0.25, -0.2) is 0 Å². The highest BCUT2D eigenvalue weighted by molar-refractivity contribution is 5.92. The van der Waals surface area contributed by atoms with Crippen molar-refractivity contribution < 1.29 is 14.3 Å². The summed E-state index contributed by atoms with van der Waals surface area (Å²) >= 11 is 0. The molecular weight excluding hydrogens is 314 g/mol. The third kappa shape index (κ3) is 6.14. The van der Waals surface area contributed by atoms with E-state index in [-0.39, 0.29) is 5.91 Å². The Bertz CT molecular complexity index is 680. The molecule has 4 heteroatoms. The van der Waals surface area contributed by atoms with Gasteiger partial charge >= 0.3 is 0 Å². The monoisotopic (exact) mass is 341 g/mol. The molecule has 0 bridgehead atoms. The normalized spacial score (nSPS) is 10.4. The topological polar surface area (TPSA) is 47.6 Å². The number of methoxy groups -OCH3 is 1. The van der Waals surface area contributed by atoms with Crippen molar-refractivity contribution in [3.8, 4) is 11.5 Å². The molecule has 0 aromatic heterocycles. The second-order valence-electron chi connectivity index (χ2n) is 6.10. The van der Waals surface area contributed by atoms with Crippen molar-refractivity contribution in [2.45, 2.75) is 39.5 Å². The molecule has 0 fully saturated rings. The molecule has 2 aromatic rings. The zero-order valence-corrected chi connectivity index (χ0v) is 15.3. The van der Waals surface area contributed by atoms with E-state index < -0.39 is 0 Å². The molecule has 0 unspecified atom stereocenters. The summed E-state index contributed by atoms with van der Waals surface area (Å²) in [7, 11) is 1.60. The molecule has 0 aliphatic rings. The summed E-state index contributed by atoms with van der Waals surface area (Å²) in [5.41, 5.74) is 3.10. The van der Waals surface area contributed by atoms with Crippen LogP contribution in [0.5, 0.6) is 11.5 Å². The SMILES string of the molecule is CCCc1ccc(OCCCC(=O)Nc2cc(C)ccc2OC)cc1. The number of carbonyl (C=O) groups is 1. The van der Waals surface area contributed by atoms with Gasteiger partial charge in [0.2, 0.25) is 5.91 Å². The molecular formula is C21H27NO3. The van der Waals surface area contributed by atoms with Crippen molar-refractivity contribution in [1.29, 1.82) is 0 Å². The number of benzene rings is 2. The summed E-state index contributed by atoms with van der Waals surface area (Å²) in [6, 6.07) is 13.9. The summed E-state index contributed by atoms with van der Waals surface area (Å²) in [5.74, 6) is 1.48. The molecule has 4 nitrogen and oxygen atoms in total. The molecule has 0 saturated carbocycles. The predicted molar refractivity (Wildman–Crippen MR) is 102 cm³/mol. The van der Waals surface area contributed by atoms with Crippen LogP contribution in [0.25, 0.3) is 0 Å². The number of carbonyl (C=O) groups excluding carboxylic acids is 1. The minimum absolute atomic E-state index is 0.0363. The summed E-state index contributed by atoms with van der Waals surface area (Å²) in [6.07, 6.45) is 3.30. The fourth-order valence-electron chi connectivity index (χ4n) is 2.60. The maximum absolute atomic E-state index is 12.1. The van der Waals surface area contributed by atoms with Gasteiger partial charge < -0.3 is 14.8 Å². The fourth-order valence-corrected chi connectivity index (χ4v) is 2.60.